The topological polar surface area (TPSA) is 70.6 Å². The van der Waals surface area contributed by atoms with E-state index in [2.05, 4.69) is 10.6 Å². The van der Waals surface area contributed by atoms with Gasteiger partial charge in [0, 0.05) is 5.69 Å². The van der Waals surface area contributed by atoms with Gasteiger partial charge in [0.25, 0.3) is 0 Å². The molecule has 1 aromatic rings. The molecule has 0 aromatic heterocycles. The van der Waals surface area contributed by atoms with Crippen LogP contribution in [-0.2, 0) is 0 Å². The number of benzene rings is 1. The first-order valence-corrected chi connectivity index (χ1v) is 5.90. The van der Waals surface area contributed by atoms with E-state index in [9.17, 15) is 4.79 Å². The third-order valence-electron chi connectivity index (χ3n) is 2.27. The van der Waals surface area contributed by atoms with Crippen LogP contribution in [0.5, 0.6) is 5.75 Å². The molecule has 0 saturated carbocycles. The fourth-order valence-electron chi connectivity index (χ4n) is 1.31. The summed E-state index contributed by atoms with van der Waals surface area (Å²) in [7, 11) is 0. The highest BCUT2D eigenvalue weighted by molar-refractivity contribution is 5.89. The molecule has 0 aliphatic rings. The summed E-state index contributed by atoms with van der Waals surface area (Å²) in [5.41, 5.74) is 0.0275. The van der Waals surface area contributed by atoms with Gasteiger partial charge in [-0.1, -0.05) is 0 Å². The number of hydrogen-bond donors (Lipinski definition) is 3. The van der Waals surface area contributed by atoms with Crippen molar-refractivity contribution in [2.75, 3.05) is 18.5 Å². The van der Waals surface area contributed by atoms with Crippen molar-refractivity contribution in [3.63, 3.8) is 0 Å². The molecule has 1 aromatic carbocycles. The number of aliphatic hydroxyl groups is 1. The molecule has 0 aliphatic heterocycles. The van der Waals surface area contributed by atoms with Crippen LogP contribution in [0.1, 0.15) is 20.8 Å². The van der Waals surface area contributed by atoms with Gasteiger partial charge in [0.1, 0.15) is 5.75 Å². The molecule has 5 heteroatoms. The van der Waals surface area contributed by atoms with Crippen LogP contribution >= 0.6 is 0 Å². The van der Waals surface area contributed by atoms with E-state index in [1.54, 1.807) is 38.1 Å². The molecule has 0 unspecified atom stereocenters. The lowest BCUT2D eigenvalue weighted by molar-refractivity contribution is 0.187. The highest BCUT2D eigenvalue weighted by Crippen LogP contribution is 2.15. The zero-order chi connectivity index (χ0) is 13.6. The Morgan fingerprint density at radius 1 is 1.33 bits per heavy atom. The van der Waals surface area contributed by atoms with Gasteiger partial charge in [0.2, 0.25) is 0 Å². The van der Waals surface area contributed by atoms with E-state index < -0.39 is 5.54 Å². The molecule has 0 saturated heterocycles. The summed E-state index contributed by atoms with van der Waals surface area (Å²) in [6.07, 6.45) is 0. The second-order valence-corrected chi connectivity index (χ2v) is 4.58. The van der Waals surface area contributed by atoms with E-state index in [1.165, 1.54) is 0 Å². The maximum Gasteiger partial charge on any atom is 0.319 e. The molecule has 0 atom stereocenters. The van der Waals surface area contributed by atoms with Crippen molar-refractivity contribution in [2.24, 2.45) is 0 Å². The summed E-state index contributed by atoms with van der Waals surface area (Å²) in [6.45, 7) is 5.88. The van der Waals surface area contributed by atoms with Crippen molar-refractivity contribution < 1.29 is 14.6 Å². The molecule has 1 rings (SSSR count). The second kappa shape index (κ2) is 6.26. The van der Waals surface area contributed by atoms with E-state index in [-0.39, 0.29) is 12.6 Å². The number of nitrogens with one attached hydrogen (secondary N) is 2. The maximum absolute atomic E-state index is 11.6. The Labute approximate surface area is 107 Å². The molecule has 18 heavy (non-hydrogen) atoms. The number of amides is 2. The zero-order valence-corrected chi connectivity index (χ0v) is 11.0. The van der Waals surface area contributed by atoms with E-state index in [4.69, 9.17) is 9.84 Å². The fourth-order valence-corrected chi connectivity index (χ4v) is 1.31. The predicted octanol–water partition coefficient (Wildman–Crippen LogP) is 1.98. The summed E-state index contributed by atoms with van der Waals surface area (Å²) in [6, 6.07) is 6.75. The lowest BCUT2D eigenvalue weighted by atomic mass is 10.1. The van der Waals surface area contributed by atoms with Crippen molar-refractivity contribution in [3.8, 4) is 5.75 Å². The Morgan fingerprint density at radius 3 is 2.44 bits per heavy atom. The van der Waals surface area contributed by atoms with Crippen molar-refractivity contribution in [2.45, 2.75) is 26.3 Å². The minimum atomic E-state index is -0.644. The van der Waals surface area contributed by atoms with Gasteiger partial charge in [-0.2, -0.15) is 0 Å². The first-order chi connectivity index (χ1) is 8.46. The van der Waals surface area contributed by atoms with Gasteiger partial charge >= 0.3 is 6.03 Å². The smallest absolute Gasteiger partial charge is 0.319 e. The van der Waals surface area contributed by atoms with E-state index in [0.29, 0.717) is 12.3 Å². The van der Waals surface area contributed by atoms with E-state index >= 15 is 0 Å². The molecule has 0 bridgehead atoms. The second-order valence-electron chi connectivity index (χ2n) is 4.58. The van der Waals surface area contributed by atoms with Crippen molar-refractivity contribution in [3.05, 3.63) is 24.3 Å². The summed E-state index contributed by atoms with van der Waals surface area (Å²) in [4.78, 5) is 11.6. The van der Waals surface area contributed by atoms with Crippen LogP contribution in [0.25, 0.3) is 0 Å². The van der Waals surface area contributed by atoms with Gasteiger partial charge in [-0.3, -0.25) is 0 Å². The van der Waals surface area contributed by atoms with Gasteiger partial charge in [-0.05, 0) is 45.0 Å². The van der Waals surface area contributed by atoms with E-state index in [1.807, 2.05) is 6.92 Å². The Hall–Kier alpha value is -1.75. The summed E-state index contributed by atoms with van der Waals surface area (Å²) in [5.74, 6) is 0.763. The van der Waals surface area contributed by atoms with Crippen molar-refractivity contribution in [1.82, 2.24) is 5.32 Å². The standard InChI is InChI=1S/C13H20N2O3/c1-4-18-11-7-5-10(6-8-11)14-12(17)15-13(2,3)9-16/h5-8,16H,4,9H2,1-3H3,(H2,14,15,17). The maximum atomic E-state index is 11.6. The number of rotatable bonds is 5. The monoisotopic (exact) mass is 252 g/mol. The minimum absolute atomic E-state index is 0.121. The van der Waals surface area contributed by atoms with Gasteiger partial charge in [0.05, 0.1) is 18.8 Å². The van der Waals surface area contributed by atoms with Crippen LogP contribution < -0.4 is 15.4 Å². The SMILES string of the molecule is CCOc1ccc(NC(=O)NC(C)(C)CO)cc1. The molecule has 0 heterocycles. The van der Waals surface area contributed by atoms with Crippen LogP contribution in [-0.4, -0.2) is 29.9 Å². The molecule has 3 N–H and O–H groups in total. The van der Waals surface area contributed by atoms with Crippen molar-refractivity contribution in [1.29, 1.82) is 0 Å². The predicted molar refractivity (Wildman–Crippen MR) is 70.9 cm³/mol. The Morgan fingerprint density at radius 2 is 1.94 bits per heavy atom. The molecule has 0 spiro atoms. The molecular formula is C13H20N2O3. The number of anilines is 1. The van der Waals surface area contributed by atoms with Crippen molar-refractivity contribution >= 4 is 11.7 Å². The highest BCUT2D eigenvalue weighted by atomic mass is 16.5. The molecule has 0 fully saturated rings. The first-order valence-electron chi connectivity index (χ1n) is 5.90. The van der Waals surface area contributed by atoms with Gasteiger partial charge in [0.15, 0.2) is 0 Å². The third-order valence-corrected chi connectivity index (χ3v) is 2.27. The van der Waals surface area contributed by atoms with Crippen LogP contribution in [0.4, 0.5) is 10.5 Å². The molecule has 5 nitrogen and oxygen atoms in total. The number of hydrogen-bond acceptors (Lipinski definition) is 3. The molecule has 0 radical (unpaired) electrons. The van der Waals surface area contributed by atoms with E-state index in [0.717, 1.165) is 5.75 Å². The minimum Gasteiger partial charge on any atom is -0.494 e. The molecular weight excluding hydrogens is 232 g/mol. The first kappa shape index (κ1) is 14.3. The van der Waals surface area contributed by atoms with Crippen LogP contribution in [0, 0.1) is 0 Å². The Kier molecular flexibility index (Phi) is 4.97. The summed E-state index contributed by atoms with van der Waals surface area (Å²) < 4.78 is 5.30. The molecule has 2 amide bonds. The Bertz CT molecular complexity index is 388. The molecule has 100 valence electrons. The lowest BCUT2D eigenvalue weighted by Crippen LogP contribution is -2.48. The van der Waals surface area contributed by atoms with Crippen LogP contribution in [0.3, 0.4) is 0 Å². The fraction of sp³-hybridized carbons (Fsp3) is 0.462. The quantitative estimate of drug-likeness (QED) is 0.750. The largest absolute Gasteiger partial charge is 0.494 e. The van der Waals surface area contributed by atoms with Crippen LogP contribution in [0.2, 0.25) is 0 Å². The van der Waals surface area contributed by atoms with Gasteiger partial charge < -0.3 is 20.5 Å². The number of carbonyl (C=O) groups is 1. The summed E-state index contributed by atoms with van der Waals surface area (Å²) in [5, 5.41) is 14.4. The number of carbonyl (C=O) groups excluding carboxylic acids is 1. The average Bonchev–Trinajstić information content (AvgIpc) is 2.31. The highest BCUT2D eigenvalue weighted by Gasteiger charge is 2.18. The lowest BCUT2D eigenvalue weighted by Gasteiger charge is -2.23. The molecule has 0 aliphatic carbocycles. The number of aliphatic hydroxyl groups excluding tert-OH is 1. The van der Waals surface area contributed by atoms with Crippen LogP contribution in [0.15, 0.2) is 24.3 Å². The Balaban J connectivity index is 2.54. The summed E-state index contributed by atoms with van der Waals surface area (Å²) >= 11 is 0. The third kappa shape index (κ3) is 4.63. The zero-order valence-electron chi connectivity index (χ0n) is 11.0. The van der Waals surface area contributed by atoms with Gasteiger partial charge in [-0.25, -0.2) is 4.79 Å². The normalized spacial score (nSPS) is 10.9. The number of ether oxygens (including phenoxy) is 1. The number of urea groups is 1. The van der Waals surface area contributed by atoms with Gasteiger partial charge in [-0.15, -0.1) is 0 Å². The average molecular weight is 252 g/mol.